The van der Waals surface area contributed by atoms with Gasteiger partial charge >= 0.3 is 5.97 Å². The number of carbonyl (C=O) groups is 2. The molecule has 1 amide bonds. The third-order valence-electron chi connectivity index (χ3n) is 3.29. The fraction of sp³-hybridized carbons (Fsp3) is 0.818. The summed E-state index contributed by atoms with van der Waals surface area (Å²) in [6, 6.07) is -1.35. The number of aliphatic hydroxyl groups excluding tert-OH is 4. The molecule has 0 spiro atoms. The van der Waals surface area contributed by atoms with Crippen LogP contribution in [0.15, 0.2) is 0 Å². The molecule has 1 rings (SSSR count). The standard InChI is InChI=1S/C11H18ClNO9/c12-2-6(17)13-7-4(15)1-11(21,10(19)20)22-9(7)8(18)5(16)3-14/h4-5,7-9,14-16,18,21H,1-3H2,(H,13,17)(H,19,20)/t4-,5-,7-,8-,9?,11+/m1/s1. The summed E-state index contributed by atoms with van der Waals surface area (Å²) in [4.78, 5) is 22.4. The SMILES string of the molecule is O=C(CCl)N[C@H]1C([C@H](O)[C@H](O)CO)O[C@](O)(C(=O)O)C[C@H]1O. The van der Waals surface area contributed by atoms with Crippen LogP contribution in [0.2, 0.25) is 0 Å². The third kappa shape index (κ3) is 4.04. The van der Waals surface area contributed by atoms with Gasteiger partial charge in [0.15, 0.2) is 0 Å². The number of alkyl halides is 1. The molecule has 0 aromatic heterocycles. The normalized spacial score (nSPS) is 34.7. The van der Waals surface area contributed by atoms with Crippen LogP contribution in [-0.4, -0.2) is 91.2 Å². The fourth-order valence-electron chi connectivity index (χ4n) is 2.13. The Labute approximate surface area is 129 Å². The van der Waals surface area contributed by atoms with E-state index in [4.69, 9.17) is 26.6 Å². The molecule has 0 aromatic rings. The first-order valence-electron chi connectivity index (χ1n) is 6.30. The first-order valence-corrected chi connectivity index (χ1v) is 6.83. The van der Waals surface area contributed by atoms with Crippen LogP contribution >= 0.6 is 11.6 Å². The number of carbonyl (C=O) groups excluding carboxylic acids is 1. The molecule has 128 valence electrons. The lowest BCUT2D eigenvalue weighted by atomic mass is 9.88. The average Bonchev–Trinajstić information content (AvgIpc) is 2.47. The largest absolute Gasteiger partial charge is 0.477 e. The molecule has 1 heterocycles. The minimum Gasteiger partial charge on any atom is -0.477 e. The Bertz CT molecular complexity index is 422. The molecule has 1 fully saturated rings. The van der Waals surface area contributed by atoms with E-state index in [2.05, 4.69) is 5.32 Å². The summed E-state index contributed by atoms with van der Waals surface area (Å²) < 4.78 is 4.87. The summed E-state index contributed by atoms with van der Waals surface area (Å²) in [5, 5.41) is 59.1. The van der Waals surface area contributed by atoms with Crippen molar-refractivity contribution in [3.05, 3.63) is 0 Å². The summed E-state index contributed by atoms with van der Waals surface area (Å²) in [6.45, 7) is -0.890. The van der Waals surface area contributed by atoms with Crippen LogP contribution in [0.5, 0.6) is 0 Å². The highest BCUT2D eigenvalue weighted by molar-refractivity contribution is 6.27. The molecule has 6 atom stereocenters. The molecular formula is C11H18ClNO9. The molecule has 0 radical (unpaired) electrons. The monoisotopic (exact) mass is 343 g/mol. The van der Waals surface area contributed by atoms with E-state index in [0.717, 1.165) is 0 Å². The quantitative estimate of drug-likeness (QED) is 0.239. The van der Waals surface area contributed by atoms with Crippen LogP contribution in [0, 0.1) is 0 Å². The Balaban J connectivity index is 3.07. The van der Waals surface area contributed by atoms with E-state index in [1.54, 1.807) is 0 Å². The number of hydrogen-bond donors (Lipinski definition) is 7. The van der Waals surface area contributed by atoms with Gasteiger partial charge in [-0.25, -0.2) is 4.79 Å². The van der Waals surface area contributed by atoms with Gasteiger partial charge in [-0.15, -0.1) is 11.6 Å². The van der Waals surface area contributed by atoms with Gasteiger partial charge in [0.05, 0.1) is 18.8 Å². The van der Waals surface area contributed by atoms with Gasteiger partial charge in [0.1, 0.15) is 24.2 Å². The second-order valence-corrected chi connectivity index (χ2v) is 5.18. The van der Waals surface area contributed by atoms with Crippen molar-refractivity contribution in [2.45, 2.75) is 42.7 Å². The number of nitrogens with one attached hydrogen (secondary N) is 1. The zero-order valence-corrected chi connectivity index (χ0v) is 12.0. The Morgan fingerprint density at radius 1 is 1.41 bits per heavy atom. The number of rotatable bonds is 6. The van der Waals surface area contributed by atoms with Crippen molar-refractivity contribution >= 4 is 23.5 Å². The number of carboxylic acid groups (broad SMARTS) is 1. The highest BCUT2D eigenvalue weighted by atomic mass is 35.5. The number of aliphatic carboxylic acids is 1. The smallest absolute Gasteiger partial charge is 0.364 e. The lowest BCUT2D eigenvalue weighted by Gasteiger charge is -2.44. The Morgan fingerprint density at radius 2 is 2.00 bits per heavy atom. The first kappa shape index (κ1) is 19.0. The van der Waals surface area contributed by atoms with Gasteiger partial charge in [-0.05, 0) is 0 Å². The van der Waals surface area contributed by atoms with Crippen molar-refractivity contribution in [1.29, 1.82) is 0 Å². The maximum atomic E-state index is 11.3. The molecule has 1 aliphatic rings. The van der Waals surface area contributed by atoms with Crippen LogP contribution in [0.1, 0.15) is 6.42 Å². The summed E-state index contributed by atoms with van der Waals surface area (Å²) in [7, 11) is 0. The molecule has 7 N–H and O–H groups in total. The van der Waals surface area contributed by atoms with E-state index in [-0.39, 0.29) is 0 Å². The molecule has 0 aliphatic carbocycles. The number of aliphatic hydroxyl groups is 5. The van der Waals surface area contributed by atoms with Crippen molar-refractivity contribution in [3.63, 3.8) is 0 Å². The van der Waals surface area contributed by atoms with E-state index in [1.807, 2.05) is 0 Å². The van der Waals surface area contributed by atoms with Gasteiger partial charge < -0.3 is 40.7 Å². The minimum atomic E-state index is -2.82. The van der Waals surface area contributed by atoms with Crippen LogP contribution in [0.25, 0.3) is 0 Å². The van der Waals surface area contributed by atoms with Crippen LogP contribution < -0.4 is 5.32 Å². The predicted molar refractivity (Wildman–Crippen MR) is 69.8 cm³/mol. The minimum absolute atomic E-state index is 0.474. The molecular weight excluding hydrogens is 326 g/mol. The van der Waals surface area contributed by atoms with Gasteiger partial charge in [-0.3, -0.25) is 4.79 Å². The summed E-state index contributed by atoms with van der Waals surface area (Å²) in [5.74, 6) is -5.85. The molecule has 0 bridgehead atoms. The Hall–Kier alpha value is -1.01. The maximum Gasteiger partial charge on any atom is 0.364 e. The zero-order chi connectivity index (χ0) is 17.1. The molecule has 10 nitrogen and oxygen atoms in total. The number of hydrogen-bond acceptors (Lipinski definition) is 8. The zero-order valence-electron chi connectivity index (χ0n) is 11.3. The van der Waals surface area contributed by atoms with Crippen molar-refractivity contribution in [3.8, 4) is 0 Å². The van der Waals surface area contributed by atoms with Gasteiger partial charge in [0.25, 0.3) is 5.79 Å². The topological polar surface area (TPSA) is 177 Å². The molecule has 11 heteroatoms. The highest BCUT2D eigenvalue weighted by Gasteiger charge is 2.53. The number of amides is 1. The second kappa shape index (κ2) is 7.51. The fourth-order valence-corrected chi connectivity index (χ4v) is 2.20. The second-order valence-electron chi connectivity index (χ2n) is 4.91. The molecule has 1 saturated heterocycles. The highest BCUT2D eigenvalue weighted by Crippen LogP contribution is 2.30. The molecule has 1 aliphatic heterocycles. The lowest BCUT2D eigenvalue weighted by Crippen LogP contribution is -2.67. The Morgan fingerprint density at radius 3 is 2.45 bits per heavy atom. The summed E-state index contributed by atoms with van der Waals surface area (Å²) in [6.07, 6.45) is -7.71. The molecule has 0 saturated carbocycles. The number of halogens is 1. The van der Waals surface area contributed by atoms with Crippen LogP contribution in [-0.2, 0) is 14.3 Å². The van der Waals surface area contributed by atoms with Crippen molar-refractivity contribution in [1.82, 2.24) is 5.32 Å². The first-order chi connectivity index (χ1) is 10.2. The van der Waals surface area contributed by atoms with Crippen LogP contribution in [0.4, 0.5) is 0 Å². The van der Waals surface area contributed by atoms with E-state index in [9.17, 15) is 30.0 Å². The van der Waals surface area contributed by atoms with E-state index in [1.165, 1.54) is 0 Å². The number of ether oxygens (including phenoxy) is 1. The third-order valence-corrected chi connectivity index (χ3v) is 3.53. The van der Waals surface area contributed by atoms with Gasteiger partial charge in [-0.1, -0.05) is 0 Å². The van der Waals surface area contributed by atoms with E-state index >= 15 is 0 Å². The summed E-state index contributed by atoms with van der Waals surface area (Å²) in [5.41, 5.74) is 0. The maximum absolute atomic E-state index is 11.3. The predicted octanol–water partition coefficient (Wildman–Crippen LogP) is -3.65. The van der Waals surface area contributed by atoms with Gasteiger partial charge in [0.2, 0.25) is 5.91 Å². The lowest BCUT2D eigenvalue weighted by molar-refractivity contribution is -0.295. The van der Waals surface area contributed by atoms with Crippen molar-refractivity contribution in [2.75, 3.05) is 12.5 Å². The molecule has 22 heavy (non-hydrogen) atoms. The number of carboxylic acids is 1. The van der Waals surface area contributed by atoms with Crippen LogP contribution in [0.3, 0.4) is 0 Å². The van der Waals surface area contributed by atoms with Crippen molar-refractivity contribution in [2.24, 2.45) is 0 Å². The van der Waals surface area contributed by atoms with E-state index < -0.39 is 67.0 Å². The molecule has 0 aromatic carbocycles. The molecule has 1 unspecified atom stereocenters. The van der Waals surface area contributed by atoms with Crippen molar-refractivity contribution < 1.29 is 45.0 Å². The van der Waals surface area contributed by atoms with E-state index in [0.29, 0.717) is 0 Å². The van der Waals surface area contributed by atoms with Gasteiger partial charge in [0, 0.05) is 6.42 Å². The average molecular weight is 344 g/mol. The Kier molecular flexibility index (Phi) is 6.50. The van der Waals surface area contributed by atoms with Gasteiger partial charge in [-0.2, -0.15) is 0 Å². The summed E-state index contributed by atoms with van der Waals surface area (Å²) >= 11 is 5.31.